The van der Waals surface area contributed by atoms with E-state index >= 15 is 0 Å². The fourth-order valence-electron chi connectivity index (χ4n) is 2.92. The molecule has 1 aliphatic rings. The van der Waals surface area contributed by atoms with Crippen LogP contribution in [0.2, 0.25) is 5.02 Å². The third kappa shape index (κ3) is 3.30. The zero-order chi connectivity index (χ0) is 18.1. The minimum absolute atomic E-state index is 0.139. The van der Waals surface area contributed by atoms with E-state index in [2.05, 4.69) is 20.0 Å². The molecule has 1 saturated heterocycles. The molecule has 3 heterocycles. The Kier molecular flexibility index (Phi) is 4.60. The van der Waals surface area contributed by atoms with Crippen LogP contribution in [0.15, 0.2) is 35.8 Å². The van der Waals surface area contributed by atoms with Gasteiger partial charge in [-0.15, -0.1) is 16.4 Å². The lowest BCUT2D eigenvalue weighted by atomic mass is 10.3. The Morgan fingerprint density at radius 2 is 1.88 bits per heavy atom. The van der Waals surface area contributed by atoms with Gasteiger partial charge in [-0.25, -0.2) is 14.6 Å². The number of aryl methyl sites for hydroxylation is 1. The van der Waals surface area contributed by atoms with Crippen molar-refractivity contribution in [3.63, 3.8) is 0 Å². The van der Waals surface area contributed by atoms with Crippen LogP contribution in [0.1, 0.15) is 16.4 Å². The van der Waals surface area contributed by atoms with Gasteiger partial charge in [0.2, 0.25) is 5.82 Å². The first kappa shape index (κ1) is 17.0. The number of nitrogens with zero attached hydrogens (tertiary/aromatic N) is 6. The number of hydrogen-bond donors (Lipinski definition) is 0. The largest absolute Gasteiger partial charge is 0.345 e. The Morgan fingerprint density at radius 3 is 2.54 bits per heavy atom. The molecule has 7 nitrogen and oxygen atoms in total. The summed E-state index contributed by atoms with van der Waals surface area (Å²) >= 11 is 7.54. The number of anilines is 1. The Labute approximate surface area is 159 Å². The smallest absolute Gasteiger partial charge is 0.293 e. The van der Waals surface area contributed by atoms with Gasteiger partial charge in [0, 0.05) is 42.8 Å². The zero-order valence-electron chi connectivity index (χ0n) is 14.2. The number of carbonyl (C=O) groups excluding carboxylic acids is 1. The van der Waals surface area contributed by atoms with Gasteiger partial charge in [-0.3, -0.25) is 4.79 Å². The molecule has 0 radical (unpaired) electrons. The Hall–Kier alpha value is -2.45. The number of thiazole rings is 1. The van der Waals surface area contributed by atoms with Gasteiger partial charge in [-0.05, 0) is 31.2 Å². The maximum atomic E-state index is 12.8. The summed E-state index contributed by atoms with van der Waals surface area (Å²) in [5, 5.41) is 8.01. The summed E-state index contributed by atoms with van der Waals surface area (Å²) < 4.78 is 1.66. The molecule has 134 valence electrons. The van der Waals surface area contributed by atoms with Crippen LogP contribution in [0.25, 0.3) is 5.69 Å². The Balaban J connectivity index is 1.47. The van der Waals surface area contributed by atoms with Crippen molar-refractivity contribution in [2.45, 2.75) is 6.92 Å². The van der Waals surface area contributed by atoms with Crippen molar-refractivity contribution < 1.29 is 4.79 Å². The Morgan fingerprint density at radius 1 is 1.15 bits per heavy atom. The average Bonchev–Trinajstić information content (AvgIpc) is 3.32. The number of aromatic nitrogens is 4. The van der Waals surface area contributed by atoms with E-state index in [1.165, 1.54) is 0 Å². The van der Waals surface area contributed by atoms with Crippen LogP contribution < -0.4 is 4.90 Å². The molecule has 0 aliphatic carbocycles. The van der Waals surface area contributed by atoms with E-state index in [0.717, 1.165) is 23.9 Å². The maximum absolute atomic E-state index is 12.8. The molecule has 0 saturated carbocycles. The molecule has 0 N–H and O–H groups in total. The number of hydrogen-bond acceptors (Lipinski definition) is 6. The minimum atomic E-state index is -0.139. The van der Waals surface area contributed by atoms with Crippen LogP contribution in [-0.2, 0) is 0 Å². The summed E-state index contributed by atoms with van der Waals surface area (Å²) in [7, 11) is 0. The van der Waals surface area contributed by atoms with Crippen molar-refractivity contribution in [3.8, 4) is 5.69 Å². The standard InChI is InChI=1S/C17H17ClN6OS/c1-12-20-15(21-24(12)14-4-2-13(18)3-5-14)16(25)22-7-9-23(10-8-22)17-19-6-11-26-17/h2-6,11H,7-10H2,1H3. The molecule has 0 bridgehead atoms. The fourth-order valence-corrected chi connectivity index (χ4v) is 3.74. The SMILES string of the molecule is Cc1nc(C(=O)N2CCN(c3nccs3)CC2)nn1-c1ccc(Cl)cc1. The van der Waals surface area contributed by atoms with Crippen molar-refractivity contribution >= 4 is 34.0 Å². The van der Waals surface area contributed by atoms with Crippen LogP contribution in [0, 0.1) is 6.92 Å². The quantitative estimate of drug-likeness (QED) is 0.690. The van der Waals surface area contributed by atoms with E-state index in [-0.39, 0.29) is 11.7 Å². The van der Waals surface area contributed by atoms with Gasteiger partial charge in [0.15, 0.2) is 5.13 Å². The van der Waals surface area contributed by atoms with E-state index in [1.54, 1.807) is 39.2 Å². The monoisotopic (exact) mass is 388 g/mol. The molecule has 2 aromatic heterocycles. The normalized spacial score (nSPS) is 14.7. The van der Waals surface area contributed by atoms with Crippen LogP contribution in [0.3, 0.4) is 0 Å². The molecule has 4 rings (SSSR count). The third-order valence-corrected chi connectivity index (χ3v) is 5.37. The molecule has 9 heteroatoms. The van der Waals surface area contributed by atoms with E-state index in [9.17, 15) is 4.79 Å². The Bertz CT molecular complexity index is 900. The zero-order valence-corrected chi connectivity index (χ0v) is 15.7. The molecule has 26 heavy (non-hydrogen) atoms. The van der Waals surface area contributed by atoms with E-state index in [4.69, 9.17) is 11.6 Å². The average molecular weight is 389 g/mol. The number of piperazine rings is 1. The number of rotatable bonds is 3. The number of benzene rings is 1. The topological polar surface area (TPSA) is 67.2 Å². The lowest BCUT2D eigenvalue weighted by Crippen LogP contribution is -2.49. The molecule has 0 atom stereocenters. The minimum Gasteiger partial charge on any atom is -0.345 e. The molecule has 0 unspecified atom stereocenters. The number of halogens is 1. The highest BCUT2D eigenvalue weighted by molar-refractivity contribution is 7.13. The van der Waals surface area contributed by atoms with Crippen molar-refractivity contribution in [1.82, 2.24) is 24.6 Å². The van der Waals surface area contributed by atoms with Gasteiger partial charge in [-0.1, -0.05) is 11.6 Å². The summed E-state index contributed by atoms with van der Waals surface area (Å²) in [5.74, 6) is 0.747. The molecular formula is C17H17ClN6OS. The van der Waals surface area contributed by atoms with Gasteiger partial charge in [0.05, 0.1) is 5.69 Å². The second-order valence-corrected chi connectivity index (χ2v) is 7.27. The first-order chi connectivity index (χ1) is 12.6. The highest BCUT2D eigenvalue weighted by Crippen LogP contribution is 2.20. The molecule has 1 fully saturated rings. The van der Waals surface area contributed by atoms with Gasteiger partial charge in [0.1, 0.15) is 5.82 Å². The maximum Gasteiger partial charge on any atom is 0.293 e. The van der Waals surface area contributed by atoms with Gasteiger partial charge < -0.3 is 9.80 Å². The van der Waals surface area contributed by atoms with Crippen molar-refractivity contribution in [2.75, 3.05) is 31.1 Å². The van der Waals surface area contributed by atoms with Gasteiger partial charge >= 0.3 is 0 Å². The molecule has 1 aromatic carbocycles. The van der Waals surface area contributed by atoms with Crippen molar-refractivity contribution in [1.29, 1.82) is 0 Å². The lowest BCUT2D eigenvalue weighted by Gasteiger charge is -2.33. The summed E-state index contributed by atoms with van der Waals surface area (Å²) in [6, 6.07) is 7.28. The molecule has 3 aromatic rings. The second-order valence-electron chi connectivity index (χ2n) is 5.96. The third-order valence-electron chi connectivity index (χ3n) is 4.29. The predicted molar refractivity (Wildman–Crippen MR) is 101 cm³/mol. The summed E-state index contributed by atoms with van der Waals surface area (Å²) in [4.78, 5) is 25.5. The van der Waals surface area contributed by atoms with Crippen molar-refractivity contribution in [3.05, 3.63) is 52.5 Å². The van der Waals surface area contributed by atoms with Crippen LogP contribution in [0.5, 0.6) is 0 Å². The number of amides is 1. The van der Waals surface area contributed by atoms with Crippen LogP contribution in [0.4, 0.5) is 5.13 Å². The molecule has 1 aliphatic heterocycles. The van der Waals surface area contributed by atoms with Crippen LogP contribution >= 0.6 is 22.9 Å². The van der Waals surface area contributed by atoms with E-state index in [1.807, 2.05) is 24.4 Å². The first-order valence-electron chi connectivity index (χ1n) is 8.25. The summed E-state index contributed by atoms with van der Waals surface area (Å²) in [5.41, 5.74) is 0.826. The lowest BCUT2D eigenvalue weighted by molar-refractivity contribution is 0.0734. The predicted octanol–water partition coefficient (Wildman–Crippen LogP) is 2.65. The molecular weight excluding hydrogens is 372 g/mol. The van der Waals surface area contributed by atoms with Crippen LogP contribution in [-0.4, -0.2) is 56.7 Å². The molecule has 0 spiro atoms. The van der Waals surface area contributed by atoms with E-state index in [0.29, 0.717) is 23.9 Å². The highest BCUT2D eigenvalue weighted by Gasteiger charge is 2.26. The summed E-state index contributed by atoms with van der Waals surface area (Å²) in [6.07, 6.45) is 1.80. The second kappa shape index (κ2) is 7.05. The highest BCUT2D eigenvalue weighted by atomic mass is 35.5. The van der Waals surface area contributed by atoms with Gasteiger partial charge in [-0.2, -0.15) is 0 Å². The number of carbonyl (C=O) groups is 1. The molecule has 1 amide bonds. The first-order valence-corrected chi connectivity index (χ1v) is 9.51. The van der Waals surface area contributed by atoms with Gasteiger partial charge in [0.25, 0.3) is 5.91 Å². The summed E-state index contributed by atoms with van der Waals surface area (Å²) in [6.45, 7) is 4.62. The fraction of sp³-hybridized carbons (Fsp3) is 0.294. The van der Waals surface area contributed by atoms with E-state index < -0.39 is 0 Å². The van der Waals surface area contributed by atoms with Crippen molar-refractivity contribution in [2.24, 2.45) is 0 Å².